The summed E-state index contributed by atoms with van der Waals surface area (Å²) in [6.07, 6.45) is -3.74. The van der Waals surface area contributed by atoms with E-state index in [9.17, 15) is 79.8 Å². The first-order valence-corrected chi connectivity index (χ1v) is 12.7. The van der Waals surface area contributed by atoms with Gasteiger partial charge in [0.15, 0.2) is 0 Å². The van der Waals surface area contributed by atoms with E-state index in [0.717, 1.165) is 5.32 Å². The lowest BCUT2D eigenvalue weighted by molar-refractivity contribution is -0.443. The van der Waals surface area contributed by atoms with Crippen LogP contribution in [0.3, 0.4) is 0 Å². The first-order valence-electron chi connectivity index (χ1n) is 11.8. The molecule has 0 unspecified atom stereocenters. The second kappa shape index (κ2) is 11.8. The third-order valence-electron chi connectivity index (χ3n) is 6.33. The van der Waals surface area contributed by atoms with Gasteiger partial charge in [-0.1, -0.05) is 12.8 Å². The fraction of sp³-hybridized carbons (Fsp3) is 0.727. The Balaban J connectivity index is 2.59. The number of carbonyl (C=O) groups is 2. The van der Waals surface area contributed by atoms with E-state index >= 15 is 0 Å². The summed E-state index contributed by atoms with van der Waals surface area (Å²) in [4.78, 5) is 24.8. The Labute approximate surface area is 234 Å². The van der Waals surface area contributed by atoms with E-state index in [0.29, 0.717) is 37.0 Å². The maximum atomic E-state index is 14.5. The summed E-state index contributed by atoms with van der Waals surface area (Å²) >= 11 is 0.300. The molecule has 1 amide bonds. The minimum atomic E-state index is -8.62. The van der Waals surface area contributed by atoms with Gasteiger partial charge in [0.25, 0.3) is 0 Å². The fourth-order valence-corrected chi connectivity index (χ4v) is 5.16. The summed E-state index contributed by atoms with van der Waals surface area (Å²) in [6.45, 7) is 0.898. The van der Waals surface area contributed by atoms with Gasteiger partial charge in [0.1, 0.15) is 5.00 Å². The maximum absolute atomic E-state index is 14.5. The molecule has 248 valence electrons. The van der Waals surface area contributed by atoms with Crippen molar-refractivity contribution < 1.29 is 84.6 Å². The third kappa shape index (κ3) is 5.62. The molecular formula is C22H19F16NO3S. The molecule has 1 aliphatic rings. The van der Waals surface area contributed by atoms with Gasteiger partial charge in [0.2, 0.25) is 0 Å². The molecule has 0 radical (unpaired) electrons. The summed E-state index contributed by atoms with van der Waals surface area (Å²) in [5, 5.41) is -0.0913. The SMILES string of the molecule is CCOC(=O)c1c(NC(=O)C(F)(F)C(F)(F)C(F)(F)C(F)(F)C(F)(F)C(F)(F)C(F)(F)C(F)F)sc2c1CCCCCC2. The molecular weight excluding hydrogens is 662 g/mol. The molecule has 2 rings (SSSR count). The van der Waals surface area contributed by atoms with Crippen LogP contribution in [0.25, 0.3) is 0 Å². The van der Waals surface area contributed by atoms with Crippen LogP contribution in [-0.4, -0.2) is 66.4 Å². The van der Waals surface area contributed by atoms with E-state index in [1.807, 2.05) is 0 Å². The zero-order valence-corrected chi connectivity index (χ0v) is 22.0. The lowest BCUT2D eigenvalue weighted by atomic mass is 9.89. The van der Waals surface area contributed by atoms with Crippen LogP contribution in [0.4, 0.5) is 75.2 Å². The van der Waals surface area contributed by atoms with Crippen LogP contribution in [0.1, 0.15) is 53.4 Å². The van der Waals surface area contributed by atoms with E-state index in [-0.39, 0.29) is 29.9 Å². The Morgan fingerprint density at radius 1 is 0.744 bits per heavy atom. The van der Waals surface area contributed by atoms with Crippen LogP contribution in [-0.2, 0) is 22.4 Å². The average Bonchev–Trinajstić information content (AvgIpc) is 3.18. The van der Waals surface area contributed by atoms with E-state index < -0.39 is 70.3 Å². The minimum absolute atomic E-state index is 0.0409. The molecule has 1 aliphatic carbocycles. The highest BCUT2D eigenvalue weighted by Gasteiger charge is 2.94. The normalized spacial score (nSPS) is 16.4. The molecule has 0 saturated carbocycles. The molecule has 21 heteroatoms. The number of hydrogen-bond acceptors (Lipinski definition) is 4. The summed E-state index contributed by atoms with van der Waals surface area (Å²) in [6, 6.07) is 0. The summed E-state index contributed by atoms with van der Waals surface area (Å²) in [5.74, 6) is -61.7. The molecule has 1 aromatic rings. The highest BCUT2D eigenvalue weighted by atomic mass is 32.1. The number of alkyl halides is 16. The van der Waals surface area contributed by atoms with Crippen molar-refractivity contribution in [3.63, 3.8) is 0 Å². The van der Waals surface area contributed by atoms with Crippen molar-refractivity contribution in [3.05, 3.63) is 16.0 Å². The number of anilines is 1. The quantitative estimate of drug-likeness (QED) is 0.189. The second-order valence-electron chi connectivity index (χ2n) is 9.17. The first kappa shape index (κ1) is 36.7. The van der Waals surface area contributed by atoms with Crippen molar-refractivity contribution in [2.75, 3.05) is 11.9 Å². The monoisotopic (exact) mass is 681 g/mol. The first-order chi connectivity index (χ1) is 19.3. The molecule has 0 aliphatic heterocycles. The summed E-state index contributed by atoms with van der Waals surface area (Å²) in [7, 11) is 0. The fourth-order valence-electron chi connectivity index (χ4n) is 3.89. The number of rotatable bonds is 11. The Morgan fingerprint density at radius 2 is 1.21 bits per heavy atom. The predicted molar refractivity (Wildman–Crippen MR) is 115 cm³/mol. The van der Waals surface area contributed by atoms with Crippen molar-refractivity contribution in [3.8, 4) is 0 Å². The molecule has 1 N–H and O–H groups in total. The molecule has 0 saturated heterocycles. The maximum Gasteiger partial charge on any atom is 0.393 e. The number of halogens is 16. The van der Waals surface area contributed by atoms with Crippen LogP contribution in [0.5, 0.6) is 0 Å². The van der Waals surface area contributed by atoms with Crippen molar-refractivity contribution in [2.24, 2.45) is 0 Å². The number of fused-ring (bicyclic) bond motifs is 1. The Morgan fingerprint density at radius 3 is 1.70 bits per heavy atom. The number of amides is 1. The lowest BCUT2D eigenvalue weighted by Crippen LogP contribution is -2.74. The van der Waals surface area contributed by atoms with E-state index in [1.165, 1.54) is 6.92 Å². The topological polar surface area (TPSA) is 55.4 Å². The Hall–Kier alpha value is -2.48. The minimum Gasteiger partial charge on any atom is -0.462 e. The van der Waals surface area contributed by atoms with Gasteiger partial charge in [-0.25, -0.2) is 13.6 Å². The van der Waals surface area contributed by atoms with Crippen molar-refractivity contribution >= 4 is 28.2 Å². The van der Waals surface area contributed by atoms with Gasteiger partial charge in [0.05, 0.1) is 12.2 Å². The smallest absolute Gasteiger partial charge is 0.393 e. The molecule has 0 aromatic carbocycles. The summed E-state index contributed by atoms with van der Waals surface area (Å²) < 4.78 is 223. The molecule has 1 heterocycles. The van der Waals surface area contributed by atoms with Crippen molar-refractivity contribution in [1.82, 2.24) is 0 Å². The average molecular weight is 681 g/mol. The molecule has 43 heavy (non-hydrogen) atoms. The molecule has 0 atom stereocenters. The van der Waals surface area contributed by atoms with Gasteiger partial charge in [-0.3, -0.25) is 4.79 Å². The van der Waals surface area contributed by atoms with Gasteiger partial charge in [-0.05, 0) is 38.2 Å². The van der Waals surface area contributed by atoms with E-state index in [2.05, 4.69) is 0 Å². The highest BCUT2D eigenvalue weighted by Crippen LogP contribution is 2.63. The highest BCUT2D eigenvalue weighted by molar-refractivity contribution is 7.17. The largest absolute Gasteiger partial charge is 0.462 e. The Kier molecular flexibility index (Phi) is 10.1. The van der Waals surface area contributed by atoms with Gasteiger partial charge < -0.3 is 10.1 Å². The Bertz CT molecular complexity index is 1200. The number of thiophene rings is 1. The van der Waals surface area contributed by atoms with Gasteiger partial charge in [-0.2, -0.15) is 61.5 Å². The van der Waals surface area contributed by atoms with Crippen LogP contribution in [0.2, 0.25) is 0 Å². The number of ether oxygens (including phenoxy) is 1. The van der Waals surface area contributed by atoms with Crippen LogP contribution >= 0.6 is 11.3 Å². The third-order valence-corrected chi connectivity index (χ3v) is 7.53. The van der Waals surface area contributed by atoms with Crippen molar-refractivity contribution in [2.45, 2.75) is 93.3 Å². The number of hydrogen-bond donors (Lipinski definition) is 1. The second-order valence-corrected chi connectivity index (χ2v) is 10.3. The van der Waals surface area contributed by atoms with Crippen molar-refractivity contribution in [1.29, 1.82) is 0 Å². The van der Waals surface area contributed by atoms with Crippen LogP contribution in [0, 0.1) is 0 Å². The predicted octanol–water partition coefficient (Wildman–Crippen LogP) is 8.23. The van der Waals surface area contributed by atoms with E-state index in [1.54, 1.807) is 0 Å². The number of carbonyl (C=O) groups excluding carboxylic acids is 2. The number of aryl methyl sites for hydroxylation is 1. The van der Waals surface area contributed by atoms with Gasteiger partial charge >= 0.3 is 59.8 Å². The summed E-state index contributed by atoms with van der Waals surface area (Å²) in [5.41, 5.74) is -0.624. The molecule has 0 fully saturated rings. The van der Waals surface area contributed by atoms with Gasteiger partial charge in [-0.15, -0.1) is 11.3 Å². The van der Waals surface area contributed by atoms with E-state index in [4.69, 9.17) is 4.74 Å². The number of nitrogens with one attached hydrogen (secondary N) is 1. The lowest BCUT2D eigenvalue weighted by Gasteiger charge is -2.42. The van der Waals surface area contributed by atoms with Gasteiger partial charge in [0, 0.05) is 4.88 Å². The molecule has 1 aromatic heterocycles. The molecule has 0 spiro atoms. The zero-order valence-electron chi connectivity index (χ0n) is 21.2. The number of esters is 1. The zero-order chi connectivity index (χ0) is 33.6. The molecule has 0 bridgehead atoms. The van der Waals surface area contributed by atoms with Crippen LogP contribution < -0.4 is 5.32 Å². The standard InChI is InChI=1S/C22H19F16NO3S/c1-2-42-13(40)11-9-7-5-3-4-6-8-10(9)43-12(11)39-15(41)17(27,28)19(31,32)21(35,36)22(37,38)20(33,34)18(29,30)16(25,26)14(23)24/h14H,2-8H2,1H3,(H,39,41). The molecule has 4 nitrogen and oxygen atoms in total. The van der Waals surface area contributed by atoms with Crippen LogP contribution in [0.15, 0.2) is 0 Å².